The minimum absolute atomic E-state index is 0.111. The van der Waals surface area contributed by atoms with Gasteiger partial charge in [0.25, 0.3) is 0 Å². The Hall–Kier alpha value is -0.730. The Balaban J connectivity index is 2.00. The number of hydrogen-bond donors (Lipinski definition) is 0. The molecule has 0 saturated carbocycles. The summed E-state index contributed by atoms with van der Waals surface area (Å²) < 4.78 is 11.6. The van der Waals surface area contributed by atoms with Crippen LogP contribution in [0.5, 0.6) is 5.75 Å². The first kappa shape index (κ1) is 13.7. The van der Waals surface area contributed by atoms with Crippen molar-refractivity contribution < 1.29 is 9.47 Å². The predicted molar refractivity (Wildman–Crippen MR) is 74.2 cm³/mol. The van der Waals surface area contributed by atoms with Crippen LogP contribution >= 0.6 is 11.6 Å². The van der Waals surface area contributed by atoms with Gasteiger partial charge in [-0.05, 0) is 30.2 Å². The first-order valence-corrected chi connectivity index (χ1v) is 6.77. The minimum atomic E-state index is -0.138. The molecule has 0 radical (unpaired) electrons. The van der Waals surface area contributed by atoms with Crippen molar-refractivity contribution in [1.82, 2.24) is 0 Å². The Labute approximate surface area is 114 Å². The third kappa shape index (κ3) is 2.50. The number of halogens is 1. The number of hydrogen-bond acceptors (Lipinski definition) is 2. The van der Waals surface area contributed by atoms with Crippen LogP contribution in [0.25, 0.3) is 0 Å². The van der Waals surface area contributed by atoms with E-state index in [1.165, 1.54) is 0 Å². The molecule has 0 aromatic heterocycles. The molecule has 1 aliphatic rings. The minimum Gasteiger partial charge on any atom is -0.490 e. The predicted octanol–water partition coefficient (Wildman–Crippen LogP) is 4.17. The van der Waals surface area contributed by atoms with E-state index in [9.17, 15) is 0 Å². The summed E-state index contributed by atoms with van der Waals surface area (Å²) in [6, 6.07) is 7.46. The van der Waals surface area contributed by atoms with Crippen molar-refractivity contribution >= 4 is 11.6 Å². The van der Waals surface area contributed by atoms with Gasteiger partial charge in [0.05, 0.1) is 6.61 Å². The van der Waals surface area contributed by atoms with Gasteiger partial charge in [0, 0.05) is 10.4 Å². The second-order valence-corrected chi connectivity index (χ2v) is 6.34. The molecule has 100 valence electrons. The molecule has 2 nitrogen and oxygen atoms in total. The van der Waals surface area contributed by atoms with Crippen LogP contribution in [-0.2, 0) is 4.74 Å². The second-order valence-electron chi connectivity index (χ2n) is 5.90. The highest BCUT2D eigenvalue weighted by molar-refractivity contribution is 6.30. The van der Waals surface area contributed by atoms with Crippen molar-refractivity contribution in [3.63, 3.8) is 0 Å². The third-order valence-corrected chi connectivity index (χ3v) is 4.65. The lowest BCUT2D eigenvalue weighted by Crippen LogP contribution is -2.42. The third-order valence-electron chi connectivity index (χ3n) is 4.40. The molecular formula is C15H21ClO2. The summed E-state index contributed by atoms with van der Waals surface area (Å²) in [5.41, 5.74) is -0.0276. The monoisotopic (exact) mass is 268 g/mol. The van der Waals surface area contributed by atoms with Crippen LogP contribution in [-0.4, -0.2) is 18.8 Å². The summed E-state index contributed by atoms with van der Waals surface area (Å²) in [5, 5.41) is 0.724. The van der Waals surface area contributed by atoms with E-state index in [0.717, 1.165) is 17.4 Å². The number of benzene rings is 1. The van der Waals surface area contributed by atoms with E-state index < -0.39 is 0 Å². The van der Waals surface area contributed by atoms with Crippen LogP contribution in [0.2, 0.25) is 5.02 Å². The fourth-order valence-electron chi connectivity index (χ4n) is 1.99. The molecule has 1 saturated heterocycles. The van der Waals surface area contributed by atoms with Crippen LogP contribution in [0.1, 0.15) is 27.7 Å². The molecule has 1 atom stereocenters. The summed E-state index contributed by atoms with van der Waals surface area (Å²) in [6.45, 7) is 10.3. The van der Waals surface area contributed by atoms with Crippen molar-refractivity contribution in [2.24, 2.45) is 11.3 Å². The molecule has 1 aliphatic heterocycles. The molecule has 1 fully saturated rings. The number of ether oxygens (including phenoxy) is 2. The highest BCUT2D eigenvalue weighted by atomic mass is 35.5. The maximum absolute atomic E-state index is 5.85. The maximum Gasteiger partial charge on any atom is 0.131 e. The Morgan fingerprint density at radius 2 is 1.89 bits per heavy atom. The molecule has 18 heavy (non-hydrogen) atoms. The quantitative estimate of drug-likeness (QED) is 0.748. The smallest absolute Gasteiger partial charge is 0.131 e. The highest BCUT2D eigenvalue weighted by Crippen LogP contribution is 2.49. The van der Waals surface area contributed by atoms with Crippen molar-refractivity contribution in [3.8, 4) is 5.75 Å². The van der Waals surface area contributed by atoms with Crippen molar-refractivity contribution in [2.45, 2.75) is 33.3 Å². The Bertz CT molecular complexity index is 405. The van der Waals surface area contributed by atoms with E-state index in [4.69, 9.17) is 21.1 Å². The summed E-state index contributed by atoms with van der Waals surface area (Å²) in [4.78, 5) is 0. The molecule has 0 amide bonds. The van der Waals surface area contributed by atoms with Gasteiger partial charge in [-0.2, -0.15) is 0 Å². The van der Waals surface area contributed by atoms with Crippen LogP contribution in [0.3, 0.4) is 0 Å². The van der Waals surface area contributed by atoms with Gasteiger partial charge in [0.2, 0.25) is 0 Å². The summed E-state index contributed by atoms with van der Waals surface area (Å²) in [5.74, 6) is 1.39. The highest BCUT2D eigenvalue weighted by Gasteiger charge is 2.58. The van der Waals surface area contributed by atoms with Crippen LogP contribution in [0.15, 0.2) is 24.3 Å². The molecule has 0 spiro atoms. The van der Waals surface area contributed by atoms with Crippen LogP contribution in [0, 0.1) is 11.3 Å². The average molecular weight is 269 g/mol. The standard InChI is InChI=1S/C15H21ClO2/c1-11(2)14(3,4)15(10-18-15)9-17-13-7-5-12(16)6-8-13/h5-8,11H,9-10H2,1-4H3. The first-order valence-electron chi connectivity index (χ1n) is 6.40. The Morgan fingerprint density at radius 3 is 2.33 bits per heavy atom. The number of rotatable bonds is 5. The van der Waals surface area contributed by atoms with E-state index in [0.29, 0.717) is 12.5 Å². The molecule has 3 heteroatoms. The molecular weight excluding hydrogens is 248 g/mol. The van der Waals surface area contributed by atoms with Gasteiger partial charge in [0.15, 0.2) is 0 Å². The Morgan fingerprint density at radius 1 is 1.33 bits per heavy atom. The first-order chi connectivity index (χ1) is 8.37. The topological polar surface area (TPSA) is 21.8 Å². The van der Waals surface area contributed by atoms with E-state index >= 15 is 0 Å². The van der Waals surface area contributed by atoms with Gasteiger partial charge in [-0.3, -0.25) is 0 Å². The lowest BCUT2D eigenvalue weighted by molar-refractivity contribution is 0.0462. The normalized spacial score (nSPS) is 23.2. The van der Waals surface area contributed by atoms with Gasteiger partial charge in [-0.1, -0.05) is 39.3 Å². The van der Waals surface area contributed by atoms with Gasteiger partial charge < -0.3 is 9.47 Å². The van der Waals surface area contributed by atoms with Crippen LogP contribution in [0.4, 0.5) is 0 Å². The number of epoxide rings is 1. The van der Waals surface area contributed by atoms with E-state index in [1.807, 2.05) is 24.3 Å². The van der Waals surface area contributed by atoms with Crippen molar-refractivity contribution in [2.75, 3.05) is 13.2 Å². The molecule has 0 bridgehead atoms. The lowest BCUT2D eigenvalue weighted by atomic mass is 9.71. The molecule has 0 aliphatic carbocycles. The zero-order chi connectivity index (χ0) is 13.4. The molecule has 1 aromatic carbocycles. The Kier molecular flexibility index (Phi) is 3.61. The van der Waals surface area contributed by atoms with Gasteiger partial charge in [-0.25, -0.2) is 0 Å². The summed E-state index contributed by atoms with van der Waals surface area (Å²) >= 11 is 5.85. The van der Waals surface area contributed by atoms with Gasteiger partial charge >= 0.3 is 0 Å². The average Bonchev–Trinajstić information content (AvgIpc) is 3.09. The SMILES string of the molecule is CC(C)C(C)(C)C1(COc2ccc(Cl)cc2)CO1. The largest absolute Gasteiger partial charge is 0.490 e. The zero-order valence-electron chi connectivity index (χ0n) is 11.5. The van der Waals surface area contributed by atoms with Crippen molar-refractivity contribution in [1.29, 1.82) is 0 Å². The molecule has 0 N–H and O–H groups in total. The molecule has 2 rings (SSSR count). The molecule has 1 heterocycles. The lowest BCUT2D eigenvalue weighted by Gasteiger charge is -2.35. The van der Waals surface area contributed by atoms with Crippen LogP contribution < -0.4 is 4.74 Å². The maximum atomic E-state index is 5.85. The fourth-order valence-corrected chi connectivity index (χ4v) is 2.11. The van der Waals surface area contributed by atoms with Gasteiger partial charge in [-0.15, -0.1) is 0 Å². The van der Waals surface area contributed by atoms with E-state index in [2.05, 4.69) is 27.7 Å². The molecule has 1 aromatic rings. The van der Waals surface area contributed by atoms with Crippen molar-refractivity contribution in [3.05, 3.63) is 29.3 Å². The van der Waals surface area contributed by atoms with E-state index in [1.54, 1.807) is 0 Å². The second kappa shape index (κ2) is 4.75. The van der Waals surface area contributed by atoms with E-state index in [-0.39, 0.29) is 11.0 Å². The summed E-state index contributed by atoms with van der Waals surface area (Å²) in [6.07, 6.45) is 0. The van der Waals surface area contributed by atoms with Gasteiger partial charge in [0.1, 0.15) is 18.0 Å². The fraction of sp³-hybridized carbons (Fsp3) is 0.600. The molecule has 1 unspecified atom stereocenters. The summed E-state index contributed by atoms with van der Waals surface area (Å²) in [7, 11) is 0. The zero-order valence-corrected chi connectivity index (χ0v) is 12.3.